The second-order valence-corrected chi connectivity index (χ2v) is 2.68. The van der Waals surface area contributed by atoms with Crippen LogP contribution in [0.25, 0.3) is 0 Å². The van der Waals surface area contributed by atoms with Crippen LogP contribution in [-0.4, -0.2) is 58.9 Å². The van der Waals surface area contributed by atoms with Gasteiger partial charge in [-0.25, -0.2) is 4.98 Å². The van der Waals surface area contributed by atoms with Gasteiger partial charge < -0.3 is 15.2 Å². The Morgan fingerprint density at radius 1 is 1.69 bits per heavy atom. The summed E-state index contributed by atoms with van der Waals surface area (Å²) in [5.74, 6) is 1.46. The number of nitrogens with one attached hydrogen (secondary N) is 1. The predicted molar refractivity (Wildman–Crippen MR) is 50.0 cm³/mol. The molecular weight excluding hydrogens is 179 g/mol. The summed E-state index contributed by atoms with van der Waals surface area (Å²) < 4.78 is 5.34. The van der Waals surface area contributed by atoms with Gasteiger partial charge in [0, 0.05) is 35.8 Å². The number of hydrogen-bond donors (Lipinski definition) is 2. The molecule has 0 aliphatic carbocycles. The van der Waals surface area contributed by atoms with Crippen molar-refractivity contribution in [2.75, 3.05) is 18.5 Å². The van der Waals surface area contributed by atoms with Crippen molar-refractivity contribution < 1.29 is 9.84 Å². The number of hydrogen-bond acceptors (Lipinski definition) is 4. The summed E-state index contributed by atoms with van der Waals surface area (Å²) in [4.78, 5) is 4.07. The molecule has 2 N–H and O–H groups in total. The van der Waals surface area contributed by atoms with Gasteiger partial charge in [0.25, 0.3) is 0 Å². The molecule has 1 aromatic rings. The summed E-state index contributed by atoms with van der Waals surface area (Å²) in [6.07, 6.45) is 1.69. The molecule has 0 bridgehead atoms. The van der Waals surface area contributed by atoms with Crippen molar-refractivity contribution >= 4 is 35.4 Å². The molecule has 0 amide bonds. The van der Waals surface area contributed by atoms with Crippen molar-refractivity contribution in [1.29, 1.82) is 0 Å². The Hall–Kier alpha value is -0.290. The third-order valence-corrected chi connectivity index (χ3v) is 1.77. The summed E-state index contributed by atoms with van der Waals surface area (Å²) in [6, 6.07) is 3.63. The minimum absolute atomic E-state index is 0. The van der Waals surface area contributed by atoms with Gasteiger partial charge in [-0.05, 0) is 12.1 Å². The fraction of sp³-hybridized carbons (Fsp3) is 0.375. The molecule has 13 heavy (non-hydrogen) atoms. The molecule has 1 radical (unpaired) electrons. The first-order valence-corrected chi connectivity index (χ1v) is 3.85. The molecule has 0 aromatic carbocycles. The number of rotatable bonds is 1. The number of aromatic nitrogens is 1. The van der Waals surface area contributed by atoms with Gasteiger partial charge in [-0.3, -0.25) is 0 Å². The number of nitrogens with zero attached hydrogens (tertiary/aromatic N) is 1. The maximum absolute atomic E-state index is 8.85. The molecule has 0 saturated heterocycles. The number of anilines is 1. The zero-order valence-electron chi connectivity index (χ0n) is 7.53. The topological polar surface area (TPSA) is 54.4 Å². The van der Waals surface area contributed by atoms with Crippen LogP contribution < -0.4 is 10.1 Å². The first-order chi connectivity index (χ1) is 5.90. The van der Waals surface area contributed by atoms with E-state index in [0.717, 1.165) is 5.75 Å². The van der Waals surface area contributed by atoms with Gasteiger partial charge in [-0.2, -0.15) is 0 Å². The Balaban J connectivity index is 0.000000845. The zero-order valence-corrected chi connectivity index (χ0v) is 9.53. The molecule has 1 unspecified atom stereocenters. The first kappa shape index (κ1) is 10.8. The van der Waals surface area contributed by atoms with Crippen LogP contribution in [0.4, 0.5) is 5.82 Å². The molecule has 0 fully saturated rings. The molecular formula is C8H10N2NaO2. The molecule has 2 rings (SSSR count). The average molecular weight is 189 g/mol. The summed E-state index contributed by atoms with van der Waals surface area (Å²) in [5, 5.41) is 11.9. The van der Waals surface area contributed by atoms with Crippen LogP contribution in [0.5, 0.6) is 5.75 Å². The first-order valence-electron chi connectivity index (χ1n) is 3.85. The van der Waals surface area contributed by atoms with Gasteiger partial charge in [0.05, 0.1) is 12.6 Å². The van der Waals surface area contributed by atoms with E-state index in [2.05, 4.69) is 10.3 Å². The van der Waals surface area contributed by atoms with Crippen molar-refractivity contribution in [2.24, 2.45) is 0 Å². The van der Waals surface area contributed by atoms with Gasteiger partial charge in [0.1, 0.15) is 6.61 Å². The minimum atomic E-state index is -0.0348. The van der Waals surface area contributed by atoms with Crippen LogP contribution >= 0.6 is 0 Å². The van der Waals surface area contributed by atoms with Gasteiger partial charge in [0.15, 0.2) is 11.6 Å². The molecule has 5 heteroatoms. The SMILES string of the molecule is OCC1COc2cccnc2N1.[Na]. The third-order valence-electron chi connectivity index (χ3n) is 1.77. The van der Waals surface area contributed by atoms with Crippen LogP contribution in [0.15, 0.2) is 18.3 Å². The van der Waals surface area contributed by atoms with Gasteiger partial charge in [0.2, 0.25) is 0 Å². The average Bonchev–Trinajstić information content (AvgIpc) is 2.17. The Kier molecular flexibility index (Phi) is 3.99. The fourth-order valence-corrected chi connectivity index (χ4v) is 1.14. The van der Waals surface area contributed by atoms with Gasteiger partial charge in [-0.15, -0.1) is 0 Å². The Labute approximate surface area is 98.6 Å². The number of aliphatic hydroxyl groups is 1. The molecule has 4 nitrogen and oxygen atoms in total. The van der Waals surface area contributed by atoms with Crippen molar-refractivity contribution in [1.82, 2.24) is 4.98 Å². The smallest absolute Gasteiger partial charge is 0.169 e. The summed E-state index contributed by atoms with van der Waals surface area (Å²) in [5.41, 5.74) is 0. The van der Waals surface area contributed by atoms with E-state index in [1.807, 2.05) is 12.1 Å². The molecule has 0 spiro atoms. The predicted octanol–water partition coefficient (Wildman–Crippen LogP) is -0.134. The van der Waals surface area contributed by atoms with E-state index >= 15 is 0 Å². The summed E-state index contributed by atoms with van der Waals surface area (Å²) in [7, 11) is 0. The molecule has 1 aliphatic heterocycles. The van der Waals surface area contributed by atoms with Crippen molar-refractivity contribution in [3.63, 3.8) is 0 Å². The Morgan fingerprint density at radius 2 is 2.54 bits per heavy atom. The largest absolute Gasteiger partial charge is 0.487 e. The van der Waals surface area contributed by atoms with Crippen LogP contribution in [0.1, 0.15) is 0 Å². The second-order valence-electron chi connectivity index (χ2n) is 2.68. The van der Waals surface area contributed by atoms with E-state index in [9.17, 15) is 0 Å². The molecule has 0 saturated carbocycles. The van der Waals surface area contributed by atoms with Crippen LogP contribution in [0, 0.1) is 0 Å². The van der Waals surface area contributed by atoms with E-state index in [4.69, 9.17) is 9.84 Å². The third kappa shape index (κ3) is 2.34. The monoisotopic (exact) mass is 189 g/mol. The van der Waals surface area contributed by atoms with Crippen molar-refractivity contribution in [3.8, 4) is 5.75 Å². The normalized spacial score (nSPS) is 19.0. The molecule has 65 valence electrons. The minimum Gasteiger partial charge on any atom is -0.487 e. The number of aliphatic hydroxyl groups excluding tert-OH is 1. The van der Waals surface area contributed by atoms with Gasteiger partial charge >= 0.3 is 0 Å². The van der Waals surface area contributed by atoms with E-state index < -0.39 is 0 Å². The number of fused-ring (bicyclic) bond motifs is 1. The van der Waals surface area contributed by atoms with Crippen LogP contribution in [0.2, 0.25) is 0 Å². The zero-order chi connectivity index (χ0) is 8.39. The molecule has 2 heterocycles. The molecule has 1 aliphatic rings. The summed E-state index contributed by atoms with van der Waals surface area (Å²) in [6.45, 7) is 0.561. The van der Waals surface area contributed by atoms with Gasteiger partial charge in [-0.1, -0.05) is 0 Å². The van der Waals surface area contributed by atoms with Crippen molar-refractivity contribution in [2.45, 2.75) is 6.04 Å². The standard InChI is InChI=1S/C8H10N2O2.Na/c11-4-6-5-12-7-2-1-3-9-8(7)10-6;/h1-3,6,11H,4-5H2,(H,9,10);. The second kappa shape index (κ2) is 4.81. The Morgan fingerprint density at radius 3 is 3.31 bits per heavy atom. The van der Waals surface area contributed by atoms with Crippen molar-refractivity contribution in [3.05, 3.63) is 18.3 Å². The number of pyridine rings is 1. The molecule has 1 aromatic heterocycles. The fourth-order valence-electron chi connectivity index (χ4n) is 1.14. The Bertz CT molecular complexity index is 283. The molecule has 1 atom stereocenters. The van der Waals surface area contributed by atoms with E-state index in [1.165, 1.54) is 0 Å². The number of ether oxygens (including phenoxy) is 1. The maximum atomic E-state index is 8.85. The van der Waals surface area contributed by atoms with Crippen LogP contribution in [-0.2, 0) is 0 Å². The summed E-state index contributed by atoms with van der Waals surface area (Å²) >= 11 is 0. The van der Waals surface area contributed by atoms with E-state index in [1.54, 1.807) is 6.20 Å². The van der Waals surface area contributed by atoms with Crippen LogP contribution in [0.3, 0.4) is 0 Å². The maximum Gasteiger partial charge on any atom is 0.169 e. The van der Waals surface area contributed by atoms with E-state index in [0.29, 0.717) is 12.4 Å². The van der Waals surface area contributed by atoms with E-state index in [-0.39, 0.29) is 42.2 Å². The quantitative estimate of drug-likeness (QED) is 0.604.